The largest absolute Gasteiger partial charge is 0.497 e. The number of amides is 1. The fourth-order valence-electron chi connectivity index (χ4n) is 2.45. The van der Waals surface area contributed by atoms with Gasteiger partial charge < -0.3 is 18.9 Å². The van der Waals surface area contributed by atoms with Gasteiger partial charge in [0, 0.05) is 5.56 Å². The maximum atomic E-state index is 12.1. The van der Waals surface area contributed by atoms with Crippen LogP contribution in [0.1, 0.15) is 11.1 Å². The number of carbonyl (C=O) groups excluding carboxylic acids is 1. The van der Waals surface area contributed by atoms with Gasteiger partial charge in [-0.05, 0) is 35.9 Å². The van der Waals surface area contributed by atoms with Gasteiger partial charge >= 0.3 is 0 Å². The third-order valence-corrected chi connectivity index (χ3v) is 3.72. The minimum atomic E-state index is -0.265. The number of carbonyl (C=O) groups is 1. The number of nitrogens with one attached hydrogen (secondary N) is 1. The Hall–Kier alpha value is -3.66. The molecule has 1 amide bonds. The monoisotopic (exact) mass is 366 g/mol. The van der Waals surface area contributed by atoms with Crippen LogP contribution < -0.4 is 24.4 Å². The Labute approximate surface area is 156 Å². The highest BCUT2D eigenvalue weighted by molar-refractivity contribution is 5.86. The van der Waals surface area contributed by atoms with E-state index in [4.69, 9.17) is 25.4 Å². The van der Waals surface area contributed by atoms with E-state index in [1.807, 2.05) is 6.07 Å². The molecule has 7 heteroatoms. The van der Waals surface area contributed by atoms with Crippen LogP contribution in [0.2, 0.25) is 0 Å². The van der Waals surface area contributed by atoms with E-state index in [0.717, 1.165) is 5.56 Å². The van der Waals surface area contributed by atoms with Gasteiger partial charge in [-0.25, -0.2) is 5.43 Å². The average molecular weight is 366 g/mol. The quantitative estimate of drug-likeness (QED) is 0.461. The van der Waals surface area contributed by atoms with Crippen molar-refractivity contribution in [2.75, 3.05) is 20.5 Å². The summed E-state index contributed by atoms with van der Waals surface area (Å²) in [7, 11) is 1.56. The van der Waals surface area contributed by atoms with Crippen LogP contribution >= 0.6 is 0 Å². The normalized spacial score (nSPS) is 11.9. The second-order valence-electron chi connectivity index (χ2n) is 5.55. The number of methoxy groups -OCH3 is 1. The molecule has 0 aromatic heterocycles. The van der Waals surface area contributed by atoms with Gasteiger partial charge in [-0.2, -0.15) is 5.10 Å². The lowest BCUT2D eigenvalue weighted by atomic mass is 10.1. The molecule has 0 unspecified atom stereocenters. The van der Waals surface area contributed by atoms with Gasteiger partial charge in [-0.1, -0.05) is 12.0 Å². The first kappa shape index (κ1) is 18.1. The predicted octanol–water partition coefficient (Wildman–Crippen LogP) is 2.13. The Morgan fingerprint density at radius 2 is 2.15 bits per heavy atom. The molecule has 138 valence electrons. The van der Waals surface area contributed by atoms with Crippen molar-refractivity contribution in [2.45, 2.75) is 6.42 Å². The van der Waals surface area contributed by atoms with Gasteiger partial charge in [0.25, 0.3) is 0 Å². The second kappa shape index (κ2) is 8.63. The van der Waals surface area contributed by atoms with Crippen molar-refractivity contribution in [2.24, 2.45) is 5.10 Å². The maximum Gasteiger partial charge on any atom is 0.244 e. The summed E-state index contributed by atoms with van der Waals surface area (Å²) in [5.41, 5.74) is 3.92. The molecule has 0 spiro atoms. The summed E-state index contributed by atoms with van der Waals surface area (Å²) in [4.78, 5) is 12.1. The summed E-state index contributed by atoms with van der Waals surface area (Å²) in [5.74, 6) is 4.63. The van der Waals surface area contributed by atoms with Crippen molar-refractivity contribution in [3.63, 3.8) is 0 Å². The van der Waals surface area contributed by atoms with Crippen LogP contribution in [0.25, 0.3) is 0 Å². The number of benzene rings is 2. The van der Waals surface area contributed by atoms with Crippen LogP contribution in [-0.4, -0.2) is 32.6 Å². The molecule has 3 rings (SSSR count). The third-order valence-electron chi connectivity index (χ3n) is 3.72. The zero-order chi connectivity index (χ0) is 19.1. The Balaban J connectivity index is 1.62. The number of ether oxygens (including phenoxy) is 4. The van der Waals surface area contributed by atoms with Gasteiger partial charge in [0.05, 0.1) is 19.7 Å². The molecule has 0 radical (unpaired) electrons. The van der Waals surface area contributed by atoms with Crippen molar-refractivity contribution < 1.29 is 23.7 Å². The van der Waals surface area contributed by atoms with E-state index in [1.54, 1.807) is 37.4 Å². The van der Waals surface area contributed by atoms with E-state index >= 15 is 0 Å². The second-order valence-corrected chi connectivity index (χ2v) is 5.55. The summed E-state index contributed by atoms with van der Waals surface area (Å²) in [5, 5.41) is 3.99. The minimum Gasteiger partial charge on any atom is -0.497 e. The van der Waals surface area contributed by atoms with E-state index in [2.05, 4.69) is 16.4 Å². The molecule has 0 fully saturated rings. The van der Waals surface area contributed by atoms with Crippen LogP contribution in [0.3, 0.4) is 0 Å². The summed E-state index contributed by atoms with van der Waals surface area (Å²) < 4.78 is 21.2. The zero-order valence-corrected chi connectivity index (χ0v) is 14.7. The number of nitrogens with zero attached hydrogens (tertiary/aromatic N) is 1. The summed E-state index contributed by atoms with van der Waals surface area (Å²) >= 11 is 0. The highest BCUT2D eigenvalue weighted by Gasteiger charge is 2.14. The van der Waals surface area contributed by atoms with E-state index in [-0.39, 0.29) is 25.7 Å². The van der Waals surface area contributed by atoms with E-state index in [0.29, 0.717) is 28.6 Å². The molecular formula is C20H18N2O5. The Morgan fingerprint density at radius 3 is 2.96 bits per heavy atom. The SMILES string of the molecule is C#CCOc1ccc(OC)cc1/C=N/NC(=O)Cc1ccc2c(c1)OCO2. The van der Waals surface area contributed by atoms with Gasteiger partial charge in [0.2, 0.25) is 12.7 Å². The number of hydrazone groups is 1. The van der Waals surface area contributed by atoms with E-state index in [9.17, 15) is 4.79 Å². The molecule has 0 atom stereocenters. The highest BCUT2D eigenvalue weighted by Crippen LogP contribution is 2.32. The maximum absolute atomic E-state index is 12.1. The van der Waals surface area contributed by atoms with Crippen LogP contribution in [-0.2, 0) is 11.2 Å². The van der Waals surface area contributed by atoms with Crippen molar-refractivity contribution in [1.82, 2.24) is 5.43 Å². The first-order chi connectivity index (χ1) is 13.2. The smallest absolute Gasteiger partial charge is 0.244 e. The molecule has 2 aromatic rings. The Bertz CT molecular complexity index is 902. The van der Waals surface area contributed by atoms with Crippen molar-refractivity contribution in [3.05, 3.63) is 47.5 Å². The lowest BCUT2D eigenvalue weighted by Crippen LogP contribution is -2.19. The topological polar surface area (TPSA) is 78.4 Å². The Kier molecular flexibility index (Phi) is 5.80. The van der Waals surface area contributed by atoms with Crippen molar-refractivity contribution in [1.29, 1.82) is 0 Å². The molecule has 0 aliphatic carbocycles. The molecule has 2 aromatic carbocycles. The molecule has 7 nitrogen and oxygen atoms in total. The van der Waals surface area contributed by atoms with Crippen molar-refractivity contribution in [3.8, 4) is 35.3 Å². The molecule has 1 aliphatic rings. The number of fused-ring (bicyclic) bond motifs is 1. The van der Waals surface area contributed by atoms with Crippen LogP contribution in [0.4, 0.5) is 0 Å². The van der Waals surface area contributed by atoms with Crippen LogP contribution in [0.15, 0.2) is 41.5 Å². The first-order valence-corrected chi connectivity index (χ1v) is 8.14. The Morgan fingerprint density at radius 1 is 1.30 bits per heavy atom. The number of rotatable bonds is 7. The molecule has 0 bridgehead atoms. The fourth-order valence-corrected chi connectivity index (χ4v) is 2.45. The molecular weight excluding hydrogens is 348 g/mol. The molecule has 27 heavy (non-hydrogen) atoms. The summed E-state index contributed by atoms with van der Waals surface area (Å²) in [6.45, 7) is 0.323. The summed E-state index contributed by atoms with van der Waals surface area (Å²) in [6, 6.07) is 10.6. The third kappa shape index (κ3) is 4.70. The highest BCUT2D eigenvalue weighted by atomic mass is 16.7. The van der Waals surface area contributed by atoms with Gasteiger partial charge in [0.15, 0.2) is 11.5 Å². The fraction of sp³-hybridized carbons (Fsp3) is 0.200. The van der Waals surface area contributed by atoms with E-state index in [1.165, 1.54) is 6.21 Å². The number of hydrogen-bond donors (Lipinski definition) is 1. The molecule has 1 N–H and O–H groups in total. The van der Waals surface area contributed by atoms with Crippen LogP contribution in [0.5, 0.6) is 23.0 Å². The minimum absolute atomic E-state index is 0.129. The standard InChI is InChI=1S/C20H18N2O5/c1-3-8-25-17-7-5-16(24-2)11-15(17)12-21-22-20(23)10-14-4-6-18-19(9-14)27-13-26-18/h1,4-7,9,11-12H,8,10,13H2,2H3,(H,22,23)/b21-12+. The molecule has 0 saturated heterocycles. The van der Waals surface area contributed by atoms with Gasteiger partial charge in [0.1, 0.15) is 18.1 Å². The molecule has 0 saturated carbocycles. The molecule has 1 heterocycles. The average Bonchev–Trinajstić information content (AvgIpc) is 3.14. The zero-order valence-electron chi connectivity index (χ0n) is 14.7. The van der Waals surface area contributed by atoms with Gasteiger partial charge in [-0.3, -0.25) is 4.79 Å². The number of terminal acetylenes is 1. The van der Waals surface area contributed by atoms with Crippen LogP contribution in [0, 0.1) is 12.3 Å². The summed E-state index contributed by atoms with van der Waals surface area (Å²) in [6.07, 6.45) is 6.86. The first-order valence-electron chi connectivity index (χ1n) is 8.14. The van der Waals surface area contributed by atoms with Crippen molar-refractivity contribution >= 4 is 12.1 Å². The number of hydrogen-bond acceptors (Lipinski definition) is 6. The van der Waals surface area contributed by atoms with E-state index < -0.39 is 0 Å². The van der Waals surface area contributed by atoms with Gasteiger partial charge in [-0.15, -0.1) is 6.42 Å². The lowest BCUT2D eigenvalue weighted by molar-refractivity contribution is -0.120. The predicted molar refractivity (Wildman–Crippen MR) is 99.3 cm³/mol. The molecule has 1 aliphatic heterocycles. The lowest BCUT2D eigenvalue weighted by Gasteiger charge is -2.08.